The van der Waals surface area contributed by atoms with Crippen molar-refractivity contribution >= 4 is 17.3 Å². The molecular formula is C14H6F4N2O6. The van der Waals surface area contributed by atoms with E-state index in [1.165, 1.54) is 0 Å². The van der Waals surface area contributed by atoms with Gasteiger partial charge in [-0.25, -0.2) is 9.18 Å². The summed E-state index contributed by atoms with van der Waals surface area (Å²) in [6.07, 6.45) is -5.10. The van der Waals surface area contributed by atoms with E-state index in [1.54, 1.807) is 0 Å². The van der Waals surface area contributed by atoms with Gasteiger partial charge in [0.25, 0.3) is 5.75 Å². The van der Waals surface area contributed by atoms with Gasteiger partial charge in [0.1, 0.15) is 5.82 Å². The fraction of sp³-hybridized carbons (Fsp3) is 0.0714. The minimum Gasteiger partial charge on any atom is -0.408 e. The molecule has 0 fully saturated rings. The first-order valence-electron chi connectivity index (χ1n) is 6.52. The molecule has 0 aliphatic rings. The van der Waals surface area contributed by atoms with Gasteiger partial charge in [0.2, 0.25) is 0 Å². The normalized spacial score (nSPS) is 11.1. The van der Waals surface area contributed by atoms with Gasteiger partial charge in [-0.2, -0.15) is 13.2 Å². The molecule has 0 atom stereocenters. The van der Waals surface area contributed by atoms with E-state index in [0.717, 1.165) is 24.3 Å². The highest BCUT2D eigenvalue weighted by Gasteiger charge is 2.39. The quantitative estimate of drug-likeness (QED) is 0.264. The van der Waals surface area contributed by atoms with Crippen molar-refractivity contribution in [3.63, 3.8) is 0 Å². The van der Waals surface area contributed by atoms with Crippen LogP contribution in [0.25, 0.3) is 0 Å². The summed E-state index contributed by atoms with van der Waals surface area (Å²) in [6.45, 7) is 0. The summed E-state index contributed by atoms with van der Waals surface area (Å²) in [5.74, 6) is -3.33. The highest BCUT2D eigenvalue weighted by Crippen LogP contribution is 2.43. The molecule has 0 amide bonds. The highest BCUT2D eigenvalue weighted by atomic mass is 19.4. The fourth-order valence-corrected chi connectivity index (χ4v) is 1.88. The van der Waals surface area contributed by atoms with Gasteiger partial charge in [-0.3, -0.25) is 20.2 Å². The van der Waals surface area contributed by atoms with Crippen LogP contribution in [0.15, 0.2) is 36.4 Å². The molecule has 0 radical (unpaired) electrons. The molecule has 0 bridgehead atoms. The number of benzene rings is 2. The third-order valence-corrected chi connectivity index (χ3v) is 3.05. The van der Waals surface area contributed by atoms with Crippen molar-refractivity contribution in [2.24, 2.45) is 0 Å². The maximum Gasteiger partial charge on any atom is 0.416 e. The van der Waals surface area contributed by atoms with Crippen molar-refractivity contribution in [1.29, 1.82) is 0 Å². The van der Waals surface area contributed by atoms with Crippen molar-refractivity contribution in [1.82, 2.24) is 0 Å². The number of nitrogens with zero attached hydrogens (tertiary/aromatic N) is 2. The highest BCUT2D eigenvalue weighted by molar-refractivity contribution is 5.92. The number of hydrogen-bond acceptors (Lipinski definition) is 6. The van der Waals surface area contributed by atoms with E-state index >= 15 is 0 Å². The number of carbonyl (C=O) groups excluding carboxylic acids is 1. The van der Waals surface area contributed by atoms with E-state index in [4.69, 9.17) is 0 Å². The Morgan fingerprint density at radius 3 is 1.81 bits per heavy atom. The Morgan fingerprint density at radius 1 is 0.962 bits per heavy atom. The standard InChI is InChI=1S/C14H6F4N2O6/c15-9-3-1-7(2-4-9)13(21)26-12-10(19(22)23)5-8(14(16,17)18)6-11(12)20(24)25/h1-6H. The number of nitro benzene ring substituents is 2. The Bertz CT molecular complexity index is 860. The SMILES string of the molecule is O=C(Oc1c([N+](=O)[O-])cc(C(F)(F)F)cc1[N+](=O)[O-])c1ccc(F)cc1. The van der Waals surface area contributed by atoms with Crippen molar-refractivity contribution in [2.45, 2.75) is 6.18 Å². The second-order valence-corrected chi connectivity index (χ2v) is 4.75. The van der Waals surface area contributed by atoms with Crippen LogP contribution >= 0.6 is 0 Å². The average molecular weight is 374 g/mol. The smallest absolute Gasteiger partial charge is 0.408 e. The van der Waals surface area contributed by atoms with Gasteiger partial charge in [-0.1, -0.05) is 0 Å². The molecule has 12 heteroatoms. The monoisotopic (exact) mass is 374 g/mol. The van der Waals surface area contributed by atoms with E-state index in [0.29, 0.717) is 0 Å². The summed E-state index contributed by atoms with van der Waals surface area (Å²) in [5, 5.41) is 22.0. The molecule has 0 aliphatic heterocycles. The predicted molar refractivity (Wildman–Crippen MR) is 76.1 cm³/mol. The van der Waals surface area contributed by atoms with Crippen LogP contribution < -0.4 is 4.74 Å². The Labute approximate surface area is 140 Å². The van der Waals surface area contributed by atoms with Crippen LogP contribution in [0.5, 0.6) is 5.75 Å². The lowest BCUT2D eigenvalue weighted by Crippen LogP contribution is -2.13. The summed E-state index contributed by atoms with van der Waals surface area (Å²) in [6, 6.07) is 3.59. The van der Waals surface area contributed by atoms with E-state index in [9.17, 15) is 42.6 Å². The molecule has 0 saturated carbocycles. The second kappa shape index (κ2) is 6.74. The van der Waals surface area contributed by atoms with E-state index in [1.807, 2.05) is 0 Å². The van der Waals surface area contributed by atoms with Crippen molar-refractivity contribution in [3.8, 4) is 5.75 Å². The van der Waals surface area contributed by atoms with Gasteiger partial charge in [0, 0.05) is 12.1 Å². The number of ether oxygens (including phenoxy) is 1. The van der Waals surface area contributed by atoms with Gasteiger partial charge >= 0.3 is 23.5 Å². The first-order chi connectivity index (χ1) is 12.0. The molecule has 0 aliphatic carbocycles. The third kappa shape index (κ3) is 3.91. The molecule has 0 unspecified atom stereocenters. The maximum atomic E-state index is 12.8. The molecule has 0 spiro atoms. The number of hydrogen-bond donors (Lipinski definition) is 0. The Morgan fingerprint density at radius 2 is 1.42 bits per heavy atom. The molecule has 2 aromatic carbocycles. The minimum absolute atomic E-state index is 0.0142. The molecule has 0 saturated heterocycles. The first-order valence-corrected chi connectivity index (χ1v) is 6.52. The number of nitro groups is 2. The molecule has 2 rings (SSSR count). The van der Waals surface area contributed by atoms with Gasteiger partial charge < -0.3 is 4.74 Å². The number of rotatable bonds is 4. The van der Waals surface area contributed by atoms with Crippen LogP contribution in [-0.2, 0) is 6.18 Å². The number of carbonyl (C=O) groups is 1. The molecule has 0 N–H and O–H groups in total. The summed E-state index contributed by atoms with van der Waals surface area (Å²) >= 11 is 0. The van der Waals surface area contributed by atoms with Crippen molar-refractivity contribution < 1.29 is 36.9 Å². The average Bonchev–Trinajstić information content (AvgIpc) is 2.53. The molecule has 136 valence electrons. The van der Waals surface area contributed by atoms with Crippen molar-refractivity contribution in [3.05, 3.63) is 73.6 Å². The van der Waals surface area contributed by atoms with Crippen LogP contribution in [0.1, 0.15) is 15.9 Å². The van der Waals surface area contributed by atoms with E-state index < -0.39 is 50.5 Å². The predicted octanol–water partition coefficient (Wildman–Crippen LogP) is 3.88. The molecule has 0 aromatic heterocycles. The maximum absolute atomic E-state index is 12.8. The zero-order valence-electron chi connectivity index (χ0n) is 12.3. The summed E-state index contributed by atoms with van der Waals surface area (Å²) in [4.78, 5) is 31.3. The zero-order chi connectivity index (χ0) is 19.6. The van der Waals surface area contributed by atoms with Crippen LogP contribution in [0, 0.1) is 26.0 Å². The van der Waals surface area contributed by atoms with Crippen LogP contribution in [0.3, 0.4) is 0 Å². The lowest BCUT2D eigenvalue weighted by molar-refractivity contribution is -0.396. The largest absolute Gasteiger partial charge is 0.416 e. The summed E-state index contributed by atoms with van der Waals surface area (Å²) in [5.41, 5.74) is -4.81. The molecule has 26 heavy (non-hydrogen) atoms. The Hall–Kier alpha value is -3.57. The third-order valence-electron chi connectivity index (χ3n) is 3.05. The summed E-state index contributed by atoms with van der Waals surface area (Å²) < 4.78 is 55.8. The first kappa shape index (κ1) is 18.8. The van der Waals surface area contributed by atoms with Crippen LogP contribution in [0.4, 0.5) is 28.9 Å². The topological polar surface area (TPSA) is 113 Å². The molecule has 0 heterocycles. The Balaban J connectivity index is 2.58. The van der Waals surface area contributed by atoms with Gasteiger partial charge in [0.15, 0.2) is 0 Å². The number of esters is 1. The van der Waals surface area contributed by atoms with Crippen molar-refractivity contribution in [2.75, 3.05) is 0 Å². The summed E-state index contributed by atoms with van der Waals surface area (Å²) in [7, 11) is 0. The van der Waals surface area contributed by atoms with E-state index in [-0.39, 0.29) is 17.7 Å². The second-order valence-electron chi connectivity index (χ2n) is 4.75. The number of halogens is 4. The van der Waals surface area contributed by atoms with Gasteiger partial charge in [-0.15, -0.1) is 0 Å². The van der Waals surface area contributed by atoms with Crippen LogP contribution in [0.2, 0.25) is 0 Å². The van der Waals surface area contributed by atoms with Gasteiger partial charge in [0.05, 0.1) is 21.0 Å². The molecule has 2 aromatic rings. The lowest BCUT2D eigenvalue weighted by Gasteiger charge is -2.10. The molecule has 8 nitrogen and oxygen atoms in total. The minimum atomic E-state index is -5.10. The Kier molecular flexibility index (Phi) is 4.86. The zero-order valence-corrected chi connectivity index (χ0v) is 12.3. The van der Waals surface area contributed by atoms with Crippen LogP contribution in [-0.4, -0.2) is 15.8 Å². The number of alkyl halides is 3. The fourth-order valence-electron chi connectivity index (χ4n) is 1.88. The van der Waals surface area contributed by atoms with Gasteiger partial charge in [-0.05, 0) is 24.3 Å². The lowest BCUT2D eigenvalue weighted by atomic mass is 10.1. The molecular weight excluding hydrogens is 368 g/mol. The van der Waals surface area contributed by atoms with E-state index in [2.05, 4.69) is 4.74 Å².